The zero-order chi connectivity index (χ0) is 15.2. The first kappa shape index (κ1) is 18.5. The van der Waals surface area contributed by atoms with Crippen LogP contribution >= 0.6 is 12.4 Å². The predicted octanol–water partition coefficient (Wildman–Crippen LogP) is 2.23. The molecule has 1 aliphatic rings. The highest BCUT2D eigenvalue weighted by atomic mass is 35.5. The first-order valence-electron chi connectivity index (χ1n) is 7.47. The molecule has 0 radical (unpaired) electrons. The maximum Gasteiger partial charge on any atom is 0.248 e. The number of aryl methyl sites for hydroxylation is 1. The number of anilines is 1. The van der Waals surface area contributed by atoms with Crippen molar-refractivity contribution in [3.63, 3.8) is 0 Å². The van der Waals surface area contributed by atoms with E-state index in [4.69, 9.17) is 5.73 Å². The Balaban J connectivity index is 0.00000242. The lowest BCUT2D eigenvalue weighted by Crippen LogP contribution is -2.28. The highest BCUT2D eigenvalue weighted by Gasteiger charge is 2.14. The zero-order valence-corrected chi connectivity index (χ0v) is 13.7. The monoisotopic (exact) mass is 325 g/mol. The third-order valence-corrected chi connectivity index (χ3v) is 4.01. The number of carbonyl (C=O) groups excluding carboxylic acids is 2. The van der Waals surface area contributed by atoms with Crippen molar-refractivity contribution in [1.82, 2.24) is 5.32 Å². The van der Waals surface area contributed by atoms with Gasteiger partial charge in [0.25, 0.3) is 0 Å². The first-order valence-corrected chi connectivity index (χ1v) is 7.47. The summed E-state index contributed by atoms with van der Waals surface area (Å²) < 4.78 is 0. The summed E-state index contributed by atoms with van der Waals surface area (Å²) >= 11 is 0. The molecule has 2 rings (SSSR count). The summed E-state index contributed by atoms with van der Waals surface area (Å²) in [5.74, 6) is 0.229. The Kier molecular flexibility index (Phi) is 7.35. The van der Waals surface area contributed by atoms with Gasteiger partial charge in [-0.1, -0.05) is 0 Å². The van der Waals surface area contributed by atoms with Crippen LogP contribution in [0.15, 0.2) is 18.2 Å². The van der Waals surface area contributed by atoms with Gasteiger partial charge in [0.2, 0.25) is 11.8 Å². The molecule has 22 heavy (non-hydrogen) atoms. The fraction of sp³-hybridized carbons (Fsp3) is 0.500. The van der Waals surface area contributed by atoms with Gasteiger partial charge in [0.15, 0.2) is 0 Å². The molecule has 2 amide bonds. The van der Waals surface area contributed by atoms with Crippen molar-refractivity contribution in [2.24, 2.45) is 11.7 Å². The van der Waals surface area contributed by atoms with Crippen LogP contribution in [0.25, 0.3) is 0 Å². The van der Waals surface area contributed by atoms with Crippen molar-refractivity contribution in [1.29, 1.82) is 0 Å². The average Bonchev–Trinajstić information content (AvgIpc) is 2.46. The summed E-state index contributed by atoms with van der Waals surface area (Å²) in [6, 6.07) is 5.15. The van der Waals surface area contributed by atoms with Crippen LogP contribution in [0.2, 0.25) is 0 Å². The highest BCUT2D eigenvalue weighted by molar-refractivity contribution is 5.96. The molecule has 0 saturated carbocycles. The molecule has 0 bridgehead atoms. The van der Waals surface area contributed by atoms with Crippen molar-refractivity contribution in [3.05, 3.63) is 29.3 Å². The van der Waals surface area contributed by atoms with E-state index >= 15 is 0 Å². The van der Waals surface area contributed by atoms with Crippen LogP contribution < -0.4 is 16.4 Å². The highest BCUT2D eigenvalue weighted by Crippen LogP contribution is 2.19. The number of piperidine rings is 1. The minimum atomic E-state index is -0.448. The summed E-state index contributed by atoms with van der Waals surface area (Å²) in [4.78, 5) is 23.1. The number of benzene rings is 1. The number of nitrogens with one attached hydrogen (secondary N) is 2. The average molecular weight is 326 g/mol. The Hall–Kier alpha value is -1.59. The maximum atomic E-state index is 12.0. The molecule has 0 aromatic heterocycles. The molecule has 122 valence electrons. The van der Waals surface area contributed by atoms with Crippen molar-refractivity contribution in [3.8, 4) is 0 Å². The van der Waals surface area contributed by atoms with E-state index in [9.17, 15) is 9.59 Å². The summed E-state index contributed by atoms with van der Waals surface area (Å²) in [6.07, 6.45) is 3.78. The lowest BCUT2D eigenvalue weighted by molar-refractivity contribution is -0.116. The van der Waals surface area contributed by atoms with Gasteiger partial charge in [0.05, 0.1) is 0 Å². The Bertz CT molecular complexity index is 528. The number of hydrogen-bond acceptors (Lipinski definition) is 3. The predicted molar refractivity (Wildman–Crippen MR) is 90.4 cm³/mol. The second-order valence-electron chi connectivity index (χ2n) is 5.67. The number of primary amides is 1. The molecule has 1 aliphatic heterocycles. The molecule has 1 saturated heterocycles. The van der Waals surface area contributed by atoms with Gasteiger partial charge < -0.3 is 16.4 Å². The van der Waals surface area contributed by atoms with Crippen molar-refractivity contribution >= 4 is 29.9 Å². The van der Waals surface area contributed by atoms with Crippen LogP contribution in [0.4, 0.5) is 5.69 Å². The maximum absolute atomic E-state index is 12.0. The number of halogens is 1. The normalized spacial score (nSPS) is 15.0. The molecular formula is C16H24ClN3O2. The van der Waals surface area contributed by atoms with E-state index in [1.54, 1.807) is 18.2 Å². The topological polar surface area (TPSA) is 84.2 Å². The van der Waals surface area contributed by atoms with Gasteiger partial charge in [-0.2, -0.15) is 0 Å². The number of nitrogens with two attached hydrogens (primary N) is 1. The van der Waals surface area contributed by atoms with Crippen molar-refractivity contribution < 1.29 is 9.59 Å². The third kappa shape index (κ3) is 5.31. The molecule has 0 aliphatic carbocycles. The molecular weight excluding hydrogens is 302 g/mol. The quantitative estimate of drug-likeness (QED) is 0.776. The molecule has 5 nitrogen and oxygen atoms in total. The molecule has 1 heterocycles. The second-order valence-corrected chi connectivity index (χ2v) is 5.67. The van der Waals surface area contributed by atoms with Gasteiger partial charge in [-0.3, -0.25) is 9.59 Å². The zero-order valence-electron chi connectivity index (χ0n) is 12.9. The molecule has 6 heteroatoms. The largest absolute Gasteiger partial charge is 0.366 e. The van der Waals surface area contributed by atoms with Crippen LogP contribution in [0.3, 0.4) is 0 Å². The fourth-order valence-corrected chi connectivity index (χ4v) is 2.75. The van der Waals surface area contributed by atoms with E-state index in [0.29, 0.717) is 23.6 Å². The standard InChI is InChI=1S/C16H23N3O2.ClH/c1-11-10-13(3-4-14(11)16(17)21)19-15(20)5-2-12-6-8-18-9-7-12;/h3-4,10,12,18H,2,5-9H2,1H3,(H2,17,21)(H,19,20);1H. The van der Waals surface area contributed by atoms with Crippen LogP contribution in [0.5, 0.6) is 0 Å². The molecule has 0 atom stereocenters. The summed E-state index contributed by atoms with van der Waals surface area (Å²) in [5.41, 5.74) is 7.25. The number of rotatable bonds is 5. The van der Waals surface area contributed by atoms with E-state index in [2.05, 4.69) is 10.6 Å². The van der Waals surface area contributed by atoms with Crippen molar-refractivity contribution in [2.75, 3.05) is 18.4 Å². The van der Waals surface area contributed by atoms with Gasteiger partial charge in [0, 0.05) is 17.7 Å². The number of amides is 2. The number of carbonyl (C=O) groups is 2. The van der Waals surface area contributed by atoms with Crippen LogP contribution in [-0.4, -0.2) is 24.9 Å². The third-order valence-electron chi connectivity index (χ3n) is 4.01. The Morgan fingerprint density at radius 2 is 2.00 bits per heavy atom. The van der Waals surface area contributed by atoms with Gasteiger partial charge in [0.1, 0.15) is 0 Å². The van der Waals surface area contributed by atoms with E-state index in [-0.39, 0.29) is 18.3 Å². The minimum absolute atomic E-state index is 0. The van der Waals surface area contributed by atoms with Gasteiger partial charge in [-0.15, -0.1) is 12.4 Å². The second kappa shape index (κ2) is 8.76. The Labute approximate surface area is 137 Å². The summed E-state index contributed by atoms with van der Waals surface area (Å²) in [7, 11) is 0. The SMILES string of the molecule is Cc1cc(NC(=O)CCC2CCNCC2)ccc1C(N)=O.Cl. The van der Waals surface area contributed by atoms with Gasteiger partial charge >= 0.3 is 0 Å². The Morgan fingerprint density at radius 1 is 1.32 bits per heavy atom. The summed E-state index contributed by atoms with van der Waals surface area (Å²) in [6.45, 7) is 3.92. The van der Waals surface area contributed by atoms with Crippen LogP contribution in [0.1, 0.15) is 41.6 Å². The van der Waals surface area contributed by atoms with E-state index < -0.39 is 5.91 Å². The molecule has 0 spiro atoms. The van der Waals surface area contributed by atoms with E-state index in [0.717, 1.165) is 37.9 Å². The molecule has 4 N–H and O–H groups in total. The van der Waals surface area contributed by atoms with Crippen molar-refractivity contribution in [2.45, 2.75) is 32.6 Å². The first-order chi connectivity index (χ1) is 10.1. The van der Waals surface area contributed by atoms with E-state index in [1.807, 2.05) is 6.92 Å². The molecule has 1 aromatic carbocycles. The lowest BCUT2D eigenvalue weighted by atomic mass is 9.93. The lowest BCUT2D eigenvalue weighted by Gasteiger charge is -2.22. The fourth-order valence-electron chi connectivity index (χ4n) is 2.75. The summed E-state index contributed by atoms with van der Waals surface area (Å²) in [5, 5.41) is 6.21. The number of hydrogen-bond donors (Lipinski definition) is 3. The van der Waals surface area contributed by atoms with Gasteiger partial charge in [-0.05, 0) is 69.0 Å². The van der Waals surface area contributed by atoms with Gasteiger partial charge in [-0.25, -0.2) is 0 Å². The van der Waals surface area contributed by atoms with Crippen LogP contribution in [-0.2, 0) is 4.79 Å². The van der Waals surface area contributed by atoms with E-state index in [1.165, 1.54) is 0 Å². The van der Waals surface area contributed by atoms with Crippen LogP contribution in [0, 0.1) is 12.8 Å². The Morgan fingerprint density at radius 3 is 2.59 bits per heavy atom. The molecule has 1 fully saturated rings. The molecule has 0 unspecified atom stereocenters. The molecule has 1 aromatic rings. The minimum Gasteiger partial charge on any atom is -0.366 e. The smallest absolute Gasteiger partial charge is 0.248 e.